The highest BCUT2D eigenvalue weighted by Crippen LogP contribution is 2.24. The largest absolute Gasteiger partial charge is 0.355 e. The first-order valence-corrected chi connectivity index (χ1v) is 10.2. The standard InChI is InChI=1S/C18H26N4S2.HI/c1-13-5-8-24-17(13)11-21-18(19-3)20-10-14(2)22-7-4-16-15(12-22)6-9-23-16;/h5-6,8-9,14H,4,7,10-12H2,1-3H3,(H2,19,20,21);1H. The van der Waals surface area contributed by atoms with Crippen molar-refractivity contribution in [1.29, 1.82) is 0 Å². The molecular formula is C18H27IN4S2. The van der Waals surface area contributed by atoms with Crippen LogP contribution in [-0.2, 0) is 19.5 Å². The lowest BCUT2D eigenvalue weighted by Crippen LogP contribution is -2.47. The molecule has 0 spiro atoms. The smallest absolute Gasteiger partial charge is 0.191 e. The maximum Gasteiger partial charge on any atom is 0.191 e. The highest BCUT2D eigenvalue weighted by Gasteiger charge is 2.21. The minimum Gasteiger partial charge on any atom is -0.355 e. The highest BCUT2D eigenvalue weighted by atomic mass is 127. The molecule has 3 heterocycles. The zero-order valence-electron chi connectivity index (χ0n) is 15.0. The van der Waals surface area contributed by atoms with Crippen LogP contribution < -0.4 is 10.6 Å². The van der Waals surface area contributed by atoms with E-state index in [-0.39, 0.29) is 24.0 Å². The molecule has 4 nitrogen and oxygen atoms in total. The van der Waals surface area contributed by atoms with E-state index in [9.17, 15) is 0 Å². The number of thiophene rings is 2. The van der Waals surface area contributed by atoms with E-state index >= 15 is 0 Å². The fraction of sp³-hybridized carbons (Fsp3) is 0.500. The molecule has 0 aliphatic carbocycles. The van der Waals surface area contributed by atoms with Crippen molar-refractivity contribution in [3.8, 4) is 0 Å². The summed E-state index contributed by atoms with van der Waals surface area (Å²) in [5.74, 6) is 0.878. The molecule has 0 saturated carbocycles. The quantitative estimate of drug-likeness (QED) is 0.380. The van der Waals surface area contributed by atoms with Crippen molar-refractivity contribution in [2.45, 2.75) is 39.4 Å². The van der Waals surface area contributed by atoms with Gasteiger partial charge in [0.15, 0.2) is 5.96 Å². The zero-order chi connectivity index (χ0) is 16.9. The second kappa shape index (κ2) is 9.89. The Morgan fingerprint density at radius 3 is 2.80 bits per heavy atom. The first kappa shape index (κ1) is 20.7. The van der Waals surface area contributed by atoms with E-state index in [4.69, 9.17) is 0 Å². The summed E-state index contributed by atoms with van der Waals surface area (Å²) in [4.78, 5) is 9.83. The molecule has 1 aliphatic heterocycles. The molecule has 0 saturated heterocycles. The van der Waals surface area contributed by atoms with E-state index in [0.29, 0.717) is 6.04 Å². The van der Waals surface area contributed by atoms with Crippen LogP contribution in [0.15, 0.2) is 27.9 Å². The van der Waals surface area contributed by atoms with Crippen LogP contribution in [0.4, 0.5) is 0 Å². The minimum atomic E-state index is 0. The molecule has 1 atom stereocenters. The topological polar surface area (TPSA) is 39.7 Å². The summed E-state index contributed by atoms with van der Waals surface area (Å²) >= 11 is 3.69. The third kappa shape index (κ3) is 5.42. The number of aliphatic imine (C=N–C) groups is 1. The van der Waals surface area contributed by atoms with Gasteiger partial charge in [0.2, 0.25) is 0 Å². The second-order valence-electron chi connectivity index (χ2n) is 6.27. The number of halogens is 1. The molecule has 2 aromatic heterocycles. The molecule has 0 radical (unpaired) electrons. The van der Waals surface area contributed by atoms with Crippen LogP contribution in [0.25, 0.3) is 0 Å². The van der Waals surface area contributed by atoms with Gasteiger partial charge in [0, 0.05) is 42.5 Å². The molecule has 3 rings (SSSR count). The fourth-order valence-corrected chi connectivity index (χ4v) is 4.73. The van der Waals surface area contributed by atoms with Gasteiger partial charge in [0.05, 0.1) is 6.54 Å². The lowest BCUT2D eigenvalue weighted by atomic mass is 10.1. The number of fused-ring (bicyclic) bond motifs is 1. The summed E-state index contributed by atoms with van der Waals surface area (Å²) < 4.78 is 0. The molecule has 0 aromatic carbocycles. The predicted molar refractivity (Wildman–Crippen MR) is 121 cm³/mol. The van der Waals surface area contributed by atoms with Gasteiger partial charge in [-0.3, -0.25) is 9.89 Å². The number of aryl methyl sites for hydroxylation is 1. The average Bonchev–Trinajstić information content (AvgIpc) is 3.22. The second-order valence-corrected chi connectivity index (χ2v) is 8.27. The highest BCUT2D eigenvalue weighted by molar-refractivity contribution is 14.0. The first-order chi connectivity index (χ1) is 11.7. The van der Waals surface area contributed by atoms with E-state index in [0.717, 1.165) is 32.1 Å². The van der Waals surface area contributed by atoms with Gasteiger partial charge in [-0.25, -0.2) is 0 Å². The Labute approximate surface area is 175 Å². The van der Waals surface area contributed by atoms with Crippen molar-refractivity contribution < 1.29 is 0 Å². The maximum atomic E-state index is 4.34. The number of hydrogen-bond donors (Lipinski definition) is 2. The van der Waals surface area contributed by atoms with Crippen LogP contribution in [0.5, 0.6) is 0 Å². The third-order valence-corrected chi connectivity index (χ3v) is 6.68. The van der Waals surface area contributed by atoms with Crippen LogP contribution >= 0.6 is 46.7 Å². The minimum absolute atomic E-state index is 0. The van der Waals surface area contributed by atoms with Crippen molar-refractivity contribution in [1.82, 2.24) is 15.5 Å². The van der Waals surface area contributed by atoms with Crippen LogP contribution in [0.3, 0.4) is 0 Å². The summed E-state index contributed by atoms with van der Waals surface area (Å²) in [5.41, 5.74) is 2.85. The molecule has 25 heavy (non-hydrogen) atoms. The zero-order valence-corrected chi connectivity index (χ0v) is 19.0. The summed E-state index contributed by atoms with van der Waals surface area (Å²) in [7, 11) is 1.83. The van der Waals surface area contributed by atoms with Crippen molar-refractivity contribution in [2.75, 3.05) is 20.1 Å². The molecule has 0 bridgehead atoms. The number of nitrogens with zero attached hydrogens (tertiary/aromatic N) is 2. The van der Waals surface area contributed by atoms with E-state index in [1.807, 2.05) is 18.4 Å². The molecule has 7 heteroatoms. The van der Waals surface area contributed by atoms with Gasteiger partial charge < -0.3 is 10.6 Å². The molecule has 2 N–H and O–H groups in total. The van der Waals surface area contributed by atoms with Gasteiger partial charge in [-0.2, -0.15) is 0 Å². The van der Waals surface area contributed by atoms with Gasteiger partial charge in [-0.1, -0.05) is 0 Å². The fourth-order valence-electron chi connectivity index (χ4n) is 2.99. The lowest BCUT2D eigenvalue weighted by Gasteiger charge is -2.32. The van der Waals surface area contributed by atoms with E-state index in [1.54, 1.807) is 16.2 Å². The summed E-state index contributed by atoms with van der Waals surface area (Å²) in [6, 6.07) is 4.92. The number of hydrogen-bond acceptors (Lipinski definition) is 4. The van der Waals surface area contributed by atoms with Gasteiger partial charge >= 0.3 is 0 Å². The Morgan fingerprint density at radius 1 is 1.28 bits per heavy atom. The molecule has 0 amide bonds. The Kier molecular flexibility index (Phi) is 8.18. The first-order valence-electron chi connectivity index (χ1n) is 8.44. The van der Waals surface area contributed by atoms with E-state index in [2.05, 4.69) is 57.3 Å². The van der Waals surface area contributed by atoms with Crippen molar-refractivity contribution >= 4 is 52.6 Å². The Morgan fingerprint density at radius 2 is 2.08 bits per heavy atom. The van der Waals surface area contributed by atoms with Crippen LogP contribution in [-0.4, -0.2) is 37.0 Å². The van der Waals surface area contributed by atoms with Crippen LogP contribution in [0, 0.1) is 6.92 Å². The summed E-state index contributed by atoms with van der Waals surface area (Å²) in [6.07, 6.45) is 1.18. The number of rotatable bonds is 5. The Hall–Kier alpha value is -0.640. The monoisotopic (exact) mass is 490 g/mol. The molecule has 0 fully saturated rings. The van der Waals surface area contributed by atoms with Crippen molar-refractivity contribution in [2.24, 2.45) is 4.99 Å². The Bertz CT molecular complexity index is 695. The maximum absolute atomic E-state index is 4.34. The van der Waals surface area contributed by atoms with Gasteiger partial charge in [0.1, 0.15) is 0 Å². The number of guanidine groups is 1. The van der Waals surface area contributed by atoms with Gasteiger partial charge in [-0.05, 0) is 54.3 Å². The predicted octanol–water partition coefficient (Wildman–Crippen LogP) is 3.85. The van der Waals surface area contributed by atoms with Crippen molar-refractivity contribution in [3.63, 3.8) is 0 Å². The van der Waals surface area contributed by atoms with E-state index < -0.39 is 0 Å². The number of nitrogens with one attached hydrogen (secondary N) is 2. The average molecular weight is 490 g/mol. The Balaban J connectivity index is 0.00000225. The molecule has 1 aliphatic rings. The normalized spacial score (nSPS) is 16.0. The van der Waals surface area contributed by atoms with Crippen LogP contribution in [0.1, 0.15) is 27.8 Å². The third-order valence-electron chi connectivity index (χ3n) is 4.63. The molecule has 2 aromatic rings. The van der Waals surface area contributed by atoms with Gasteiger partial charge in [-0.15, -0.1) is 46.7 Å². The lowest BCUT2D eigenvalue weighted by molar-refractivity contribution is 0.192. The molecule has 1 unspecified atom stereocenters. The molecular weight excluding hydrogens is 463 g/mol. The van der Waals surface area contributed by atoms with Gasteiger partial charge in [0.25, 0.3) is 0 Å². The summed E-state index contributed by atoms with van der Waals surface area (Å²) in [6.45, 7) is 8.41. The van der Waals surface area contributed by atoms with E-state index in [1.165, 1.54) is 22.4 Å². The SMILES string of the molecule is CN=C(NCc1sccc1C)NCC(C)N1CCc2sccc2C1.I. The van der Waals surface area contributed by atoms with Crippen molar-refractivity contribution in [3.05, 3.63) is 43.8 Å². The summed E-state index contributed by atoms with van der Waals surface area (Å²) in [5, 5.41) is 11.2. The van der Waals surface area contributed by atoms with Crippen LogP contribution in [0.2, 0.25) is 0 Å². The molecule has 138 valence electrons.